The van der Waals surface area contributed by atoms with Crippen LogP contribution in [0.15, 0.2) is 22.7 Å². The number of benzene rings is 1. The number of rotatable bonds is 4. The Kier molecular flexibility index (Phi) is 4.46. The van der Waals surface area contributed by atoms with E-state index in [0.29, 0.717) is 0 Å². The van der Waals surface area contributed by atoms with Gasteiger partial charge in [0.1, 0.15) is 0 Å². The molecule has 1 saturated heterocycles. The standard InChI is InChI=1S/C14H21BrN2/c1-3-11-6-7-17(10-11)14-8-13(15)5-4-12(14)9-16-2/h4-5,8,11,16H,3,6-7,9-10H2,1-2H3. The van der Waals surface area contributed by atoms with Crippen molar-refractivity contribution < 1.29 is 0 Å². The highest BCUT2D eigenvalue weighted by molar-refractivity contribution is 9.10. The molecule has 0 aromatic heterocycles. The number of nitrogens with zero attached hydrogens (tertiary/aromatic N) is 1. The Morgan fingerprint density at radius 3 is 2.94 bits per heavy atom. The molecule has 1 aliphatic heterocycles. The minimum atomic E-state index is 0.872. The first-order chi connectivity index (χ1) is 8.24. The van der Waals surface area contributed by atoms with Crippen LogP contribution in [0.25, 0.3) is 0 Å². The Bertz CT molecular complexity index is 378. The van der Waals surface area contributed by atoms with Crippen molar-refractivity contribution in [3.8, 4) is 0 Å². The van der Waals surface area contributed by atoms with Gasteiger partial charge in [0.2, 0.25) is 0 Å². The molecule has 0 aliphatic carbocycles. The van der Waals surface area contributed by atoms with Gasteiger partial charge >= 0.3 is 0 Å². The minimum Gasteiger partial charge on any atom is -0.371 e. The zero-order valence-electron chi connectivity index (χ0n) is 10.7. The van der Waals surface area contributed by atoms with Gasteiger partial charge in [-0.05, 0) is 37.1 Å². The van der Waals surface area contributed by atoms with Crippen LogP contribution in [-0.2, 0) is 6.54 Å². The predicted molar refractivity (Wildman–Crippen MR) is 77.5 cm³/mol. The topological polar surface area (TPSA) is 15.3 Å². The number of nitrogens with one attached hydrogen (secondary N) is 1. The predicted octanol–water partition coefficient (Wildman–Crippen LogP) is 3.40. The summed E-state index contributed by atoms with van der Waals surface area (Å²) < 4.78 is 1.17. The van der Waals surface area contributed by atoms with E-state index < -0.39 is 0 Å². The van der Waals surface area contributed by atoms with Crippen molar-refractivity contribution in [3.63, 3.8) is 0 Å². The summed E-state index contributed by atoms with van der Waals surface area (Å²) in [5.41, 5.74) is 2.79. The highest BCUT2D eigenvalue weighted by Crippen LogP contribution is 2.30. The molecule has 1 heterocycles. The SMILES string of the molecule is CCC1CCN(c2cc(Br)ccc2CNC)C1. The van der Waals surface area contributed by atoms with Crippen LogP contribution in [0.1, 0.15) is 25.3 Å². The Morgan fingerprint density at radius 2 is 2.29 bits per heavy atom. The van der Waals surface area contributed by atoms with Gasteiger partial charge in [-0.3, -0.25) is 0 Å². The normalized spacial score (nSPS) is 19.9. The van der Waals surface area contributed by atoms with Crippen molar-refractivity contribution in [3.05, 3.63) is 28.2 Å². The lowest BCUT2D eigenvalue weighted by molar-refractivity contribution is 0.569. The van der Waals surface area contributed by atoms with E-state index in [1.54, 1.807) is 0 Å². The third-order valence-electron chi connectivity index (χ3n) is 3.62. The average Bonchev–Trinajstić information content (AvgIpc) is 2.80. The summed E-state index contributed by atoms with van der Waals surface area (Å²) in [4.78, 5) is 2.53. The summed E-state index contributed by atoms with van der Waals surface area (Å²) in [7, 11) is 2.00. The highest BCUT2D eigenvalue weighted by atomic mass is 79.9. The van der Waals surface area contributed by atoms with Gasteiger partial charge in [-0.15, -0.1) is 0 Å². The van der Waals surface area contributed by atoms with Gasteiger partial charge in [0.25, 0.3) is 0 Å². The fourth-order valence-electron chi connectivity index (χ4n) is 2.56. The first kappa shape index (κ1) is 12.9. The molecule has 1 aliphatic rings. The molecule has 2 nitrogen and oxygen atoms in total. The molecule has 0 spiro atoms. The van der Waals surface area contributed by atoms with Crippen LogP contribution < -0.4 is 10.2 Å². The molecule has 94 valence electrons. The zero-order valence-corrected chi connectivity index (χ0v) is 12.3. The van der Waals surface area contributed by atoms with E-state index in [0.717, 1.165) is 12.5 Å². The second-order valence-corrected chi connectivity index (χ2v) is 5.73. The van der Waals surface area contributed by atoms with Crippen molar-refractivity contribution in [1.29, 1.82) is 0 Å². The maximum absolute atomic E-state index is 3.58. The Balaban J connectivity index is 2.21. The molecule has 17 heavy (non-hydrogen) atoms. The molecule has 1 N–H and O–H groups in total. The Hall–Kier alpha value is -0.540. The molecule has 1 unspecified atom stereocenters. The van der Waals surface area contributed by atoms with Crippen molar-refractivity contribution in [1.82, 2.24) is 5.32 Å². The maximum atomic E-state index is 3.58. The van der Waals surface area contributed by atoms with Gasteiger partial charge in [0.15, 0.2) is 0 Å². The molecule has 1 aromatic rings. The van der Waals surface area contributed by atoms with Gasteiger partial charge in [-0.25, -0.2) is 0 Å². The molecule has 0 amide bonds. The Morgan fingerprint density at radius 1 is 1.47 bits per heavy atom. The molecule has 1 fully saturated rings. The van der Waals surface area contributed by atoms with Crippen molar-refractivity contribution in [2.75, 3.05) is 25.0 Å². The minimum absolute atomic E-state index is 0.872. The smallest absolute Gasteiger partial charge is 0.0423 e. The molecule has 0 bridgehead atoms. The monoisotopic (exact) mass is 296 g/mol. The second-order valence-electron chi connectivity index (χ2n) is 4.81. The first-order valence-corrected chi connectivity index (χ1v) is 7.22. The fraction of sp³-hybridized carbons (Fsp3) is 0.571. The number of halogens is 1. The lowest BCUT2D eigenvalue weighted by Gasteiger charge is -2.22. The number of hydrogen-bond donors (Lipinski definition) is 1. The van der Waals surface area contributed by atoms with Crippen molar-refractivity contribution in [2.24, 2.45) is 5.92 Å². The van der Waals surface area contributed by atoms with E-state index >= 15 is 0 Å². The quantitative estimate of drug-likeness (QED) is 0.916. The van der Waals surface area contributed by atoms with Crippen LogP contribution in [0, 0.1) is 5.92 Å². The number of hydrogen-bond acceptors (Lipinski definition) is 2. The summed E-state index contributed by atoms with van der Waals surface area (Å²) in [6.45, 7) is 5.65. The van der Waals surface area contributed by atoms with Gasteiger partial charge in [0, 0.05) is 29.8 Å². The summed E-state index contributed by atoms with van der Waals surface area (Å²) >= 11 is 3.58. The lowest BCUT2D eigenvalue weighted by atomic mass is 10.1. The molecular formula is C14H21BrN2. The van der Waals surface area contributed by atoms with Gasteiger partial charge in [-0.1, -0.05) is 35.3 Å². The van der Waals surface area contributed by atoms with E-state index in [-0.39, 0.29) is 0 Å². The van der Waals surface area contributed by atoms with Gasteiger partial charge < -0.3 is 10.2 Å². The molecule has 0 radical (unpaired) electrons. The maximum Gasteiger partial charge on any atom is 0.0423 e. The van der Waals surface area contributed by atoms with E-state index in [2.05, 4.69) is 51.3 Å². The van der Waals surface area contributed by atoms with Crippen LogP contribution in [0.2, 0.25) is 0 Å². The van der Waals surface area contributed by atoms with Crippen LogP contribution >= 0.6 is 15.9 Å². The summed E-state index contributed by atoms with van der Waals surface area (Å²) in [6, 6.07) is 6.60. The molecule has 2 rings (SSSR count). The third kappa shape index (κ3) is 3.02. The third-order valence-corrected chi connectivity index (χ3v) is 4.11. The second kappa shape index (κ2) is 5.87. The average molecular weight is 297 g/mol. The van der Waals surface area contributed by atoms with Crippen LogP contribution in [-0.4, -0.2) is 20.1 Å². The van der Waals surface area contributed by atoms with Crippen LogP contribution in [0.3, 0.4) is 0 Å². The largest absolute Gasteiger partial charge is 0.371 e. The first-order valence-electron chi connectivity index (χ1n) is 6.42. The van der Waals surface area contributed by atoms with Crippen molar-refractivity contribution >= 4 is 21.6 Å². The van der Waals surface area contributed by atoms with Crippen molar-refractivity contribution in [2.45, 2.75) is 26.3 Å². The lowest BCUT2D eigenvalue weighted by Crippen LogP contribution is -2.22. The molecular weight excluding hydrogens is 276 g/mol. The van der Waals surface area contributed by atoms with Gasteiger partial charge in [-0.2, -0.15) is 0 Å². The molecule has 0 saturated carbocycles. The van der Waals surface area contributed by atoms with Crippen LogP contribution in [0.4, 0.5) is 5.69 Å². The Labute approximate surface area is 113 Å². The summed E-state index contributed by atoms with van der Waals surface area (Å²) in [5, 5.41) is 3.25. The van der Waals surface area contributed by atoms with E-state index in [4.69, 9.17) is 0 Å². The summed E-state index contributed by atoms with van der Waals surface area (Å²) in [5.74, 6) is 0.872. The van der Waals surface area contributed by atoms with E-state index in [1.807, 2.05) is 7.05 Å². The van der Waals surface area contributed by atoms with Crippen LogP contribution in [0.5, 0.6) is 0 Å². The molecule has 3 heteroatoms. The van der Waals surface area contributed by atoms with E-state index in [1.165, 1.54) is 41.7 Å². The van der Waals surface area contributed by atoms with E-state index in [9.17, 15) is 0 Å². The highest BCUT2D eigenvalue weighted by Gasteiger charge is 2.22. The summed E-state index contributed by atoms with van der Waals surface area (Å²) in [6.07, 6.45) is 2.63. The zero-order chi connectivity index (χ0) is 12.3. The molecule has 1 aromatic carbocycles. The fourth-order valence-corrected chi connectivity index (χ4v) is 2.90. The van der Waals surface area contributed by atoms with Gasteiger partial charge in [0.05, 0.1) is 0 Å². The number of anilines is 1. The molecule has 1 atom stereocenters.